The van der Waals surface area contributed by atoms with Crippen LogP contribution in [0.15, 0.2) is 35.3 Å². The van der Waals surface area contributed by atoms with Crippen LogP contribution in [0, 0.1) is 11.7 Å². The molecular weight excluding hydrogens is 489 g/mol. The fourth-order valence-electron chi connectivity index (χ4n) is 3.23. The van der Waals surface area contributed by atoms with Crippen LogP contribution in [0.3, 0.4) is 0 Å². The second kappa shape index (κ2) is 13.3. The number of aliphatic hydroxyl groups is 1. The SMILES string of the molecule is CC(C)C.CN(C)CCOc1nc2c(cc1Cc1cccc(Cl)c1F)c(=O)c(C(=O)O)cn2CCO. The molecule has 0 aliphatic heterocycles. The van der Waals surface area contributed by atoms with Crippen LogP contribution < -0.4 is 10.2 Å². The number of rotatable bonds is 9. The van der Waals surface area contributed by atoms with E-state index in [-0.39, 0.29) is 53.7 Å². The van der Waals surface area contributed by atoms with Crippen molar-refractivity contribution in [2.75, 3.05) is 33.9 Å². The predicted octanol–water partition coefficient (Wildman–Crippen LogP) is 4.07. The van der Waals surface area contributed by atoms with Gasteiger partial charge in [0.1, 0.15) is 23.6 Å². The van der Waals surface area contributed by atoms with Crippen molar-refractivity contribution in [3.05, 3.63) is 68.2 Å². The smallest absolute Gasteiger partial charge is 0.341 e. The van der Waals surface area contributed by atoms with Gasteiger partial charge >= 0.3 is 5.97 Å². The number of aromatic carboxylic acids is 1. The average Bonchev–Trinajstić information content (AvgIpc) is 2.78. The summed E-state index contributed by atoms with van der Waals surface area (Å²) in [6, 6.07) is 6.07. The maximum absolute atomic E-state index is 14.5. The predicted molar refractivity (Wildman–Crippen MR) is 139 cm³/mol. The first-order valence-electron chi connectivity index (χ1n) is 11.6. The molecule has 8 nitrogen and oxygen atoms in total. The van der Waals surface area contributed by atoms with Crippen molar-refractivity contribution >= 4 is 28.6 Å². The number of ether oxygens (including phenoxy) is 1. The van der Waals surface area contributed by atoms with Crippen LogP contribution >= 0.6 is 11.6 Å². The Labute approximate surface area is 214 Å². The van der Waals surface area contributed by atoms with E-state index in [1.54, 1.807) is 12.1 Å². The van der Waals surface area contributed by atoms with Gasteiger partial charge in [-0.3, -0.25) is 4.79 Å². The Morgan fingerprint density at radius 3 is 2.50 bits per heavy atom. The third kappa shape index (κ3) is 7.74. The number of carboxylic acid groups (broad SMARTS) is 1. The lowest BCUT2D eigenvalue weighted by Crippen LogP contribution is -2.22. The highest BCUT2D eigenvalue weighted by Crippen LogP contribution is 2.27. The molecule has 3 aromatic rings. The molecule has 0 aliphatic carbocycles. The number of likely N-dealkylation sites (N-methyl/N-ethyl adjacent to an activating group) is 1. The molecule has 0 radical (unpaired) electrons. The number of hydrogen-bond donors (Lipinski definition) is 2. The molecule has 0 unspecified atom stereocenters. The summed E-state index contributed by atoms with van der Waals surface area (Å²) >= 11 is 5.90. The maximum atomic E-state index is 14.5. The topological polar surface area (TPSA) is 105 Å². The summed E-state index contributed by atoms with van der Waals surface area (Å²) < 4.78 is 21.8. The number of carboxylic acids is 1. The Bertz CT molecular complexity index is 1260. The van der Waals surface area contributed by atoms with Crippen LogP contribution in [-0.4, -0.2) is 64.5 Å². The summed E-state index contributed by atoms with van der Waals surface area (Å²) in [4.78, 5) is 30.8. The average molecular weight is 522 g/mol. The van der Waals surface area contributed by atoms with Gasteiger partial charge in [-0.2, -0.15) is 4.98 Å². The van der Waals surface area contributed by atoms with E-state index in [4.69, 9.17) is 16.3 Å². The highest BCUT2D eigenvalue weighted by atomic mass is 35.5. The van der Waals surface area contributed by atoms with Crippen LogP contribution in [0.2, 0.25) is 5.02 Å². The van der Waals surface area contributed by atoms with Gasteiger partial charge in [0.15, 0.2) is 0 Å². The van der Waals surface area contributed by atoms with Crippen molar-refractivity contribution in [2.45, 2.75) is 33.7 Å². The molecule has 0 saturated carbocycles. The number of aromatic nitrogens is 2. The molecule has 2 N–H and O–H groups in total. The van der Waals surface area contributed by atoms with E-state index in [9.17, 15) is 24.2 Å². The van der Waals surface area contributed by atoms with E-state index in [2.05, 4.69) is 25.8 Å². The van der Waals surface area contributed by atoms with E-state index in [0.29, 0.717) is 12.1 Å². The first kappa shape index (κ1) is 29.2. The number of fused-ring (bicyclic) bond motifs is 1. The molecule has 196 valence electrons. The van der Waals surface area contributed by atoms with E-state index < -0.39 is 22.8 Å². The third-order valence-corrected chi connectivity index (χ3v) is 5.14. The maximum Gasteiger partial charge on any atom is 0.341 e. The van der Waals surface area contributed by atoms with Gasteiger partial charge in [0, 0.05) is 31.3 Å². The number of pyridine rings is 2. The number of benzene rings is 1. The van der Waals surface area contributed by atoms with Crippen molar-refractivity contribution in [1.29, 1.82) is 0 Å². The monoisotopic (exact) mass is 521 g/mol. The number of nitrogens with zero attached hydrogens (tertiary/aromatic N) is 3. The van der Waals surface area contributed by atoms with Crippen molar-refractivity contribution in [1.82, 2.24) is 14.5 Å². The van der Waals surface area contributed by atoms with Crippen molar-refractivity contribution < 1.29 is 24.1 Å². The quantitative estimate of drug-likeness (QED) is 0.437. The zero-order valence-corrected chi connectivity index (χ0v) is 22.0. The summed E-state index contributed by atoms with van der Waals surface area (Å²) in [5.74, 6) is -0.962. The van der Waals surface area contributed by atoms with Gasteiger partial charge in [-0.25, -0.2) is 9.18 Å². The van der Waals surface area contributed by atoms with E-state index in [1.807, 2.05) is 19.0 Å². The Kier molecular flexibility index (Phi) is 10.8. The molecule has 3 rings (SSSR count). The molecule has 0 aliphatic rings. The van der Waals surface area contributed by atoms with Crippen LogP contribution in [-0.2, 0) is 13.0 Å². The Hall–Kier alpha value is -3.01. The van der Waals surface area contributed by atoms with E-state index in [1.165, 1.54) is 16.7 Å². The van der Waals surface area contributed by atoms with Crippen LogP contribution in [0.25, 0.3) is 11.0 Å². The first-order chi connectivity index (χ1) is 17.0. The minimum absolute atomic E-state index is 0.0311. The largest absolute Gasteiger partial charge is 0.477 e. The van der Waals surface area contributed by atoms with Crippen LogP contribution in [0.4, 0.5) is 4.39 Å². The number of halogens is 2. The van der Waals surface area contributed by atoms with Gasteiger partial charge in [0.05, 0.1) is 17.0 Å². The van der Waals surface area contributed by atoms with Gasteiger partial charge < -0.3 is 24.4 Å². The molecule has 2 heterocycles. The van der Waals surface area contributed by atoms with Crippen molar-refractivity contribution in [3.63, 3.8) is 0 Å². The van der Waals surface area contributed by atoms with Gasteiger partial charge in [-0.1, -0.05) is 44.5 Å². The molecule has 0 fully saturated rings. The Morgan fingerprint density at radius 2 is 1.92 bits per heavy atom. The van der Waals surface area contributed by atoms with Crippen molar-refractivity contribution in [3.8, 4) is 5.88 Å². The summed E-state index contributed by atoms with van der Waals surface area (Å²) in [5, 5.41) is 18.8. The van der Waals surface area contributed by atoms with Gasteiger partial charge in [-0.05, 0) is 37.7 Å². The zero-order chi connectivity index (χ0) is 27.0. The molecule has 0 atom stereocenters. The number of aliphatic hydroxyl groups excluding tert-OH is 1. The molecular formula is C26H33ClFN3O5. The first-order valence-corrected chi connectivity index (χ1v) is 12.0. The molecule has 36 heavy (non-hydrogen) atoms. The summed E-state index contributed by atoms with van der Waals surface area (Å²) in [7, 11) is 3.76. The van der Waals surface area contributed by atoms with E-state index >= 15 is 0 Å². The Balaban J connectivity index is 0.00000106. The summed E-state index contributed by atoms with van der Waals surface area (Å²) in [5.41, 5.74) is -0.311. The standard InChI is InChI=1S/C22H23ClFN3O5.C4H10/c1-26(2)7-9-32-21-14(10-13-4-3-5-17(23)18(13)24)11-15-19(29)16(22(30)31)12-27(6-8-28)20(15)25-21;1-4(2)3/h3-5,11-12,28H,6-10H2,1-2H3,(H,30,31);4H,1-3H3. The molecule has 0 amide bonds. The molecule has 0 spiro atoms. The molecule has 1 aromatic carbocycles. The zero-order valence-electron chi connectivity index (χ0n) is 21.2. The second-order valence-electron chi connectivity index (χ2n) is 9.19. The minimum atomic E-state index is -1.39. The van der Waals surface area contributed by atoms with Gasteiger partial charge in [0.2, 0.25) is 11.3 Å². The minimum Gasteiger partial charge on any atom is -0.477 e. The highest BCUT2D eigenvalue weighted by Gasteiger charge is 2.20. The van der Waals surface area contributed by atoms with Gasteiger partial charge in [-0.15, -0.1) is 0 Å². The molecule has 0 saturated heterocycles. The lowest BCUT2D eigenvalue weighted by Gasteiger charge is -2.17. The lowest BCUT2D eigenvalue weighted by molar-refractivity contribution is 0.0694. The molecule has 10 heteroatoms. The van der Waals surface area contributed by atoms with Gasteiger partial charge in [0.25, 0.3) is 0 Å². The fraction of sp³-hybridized carbons (Fsp3) is 0.423. The molecule has 2 aromatic heterocycles. The van der Waals surface area contributed by atoms with Crippen LogP contribution in [0.5, 0.6) is 5.88 Å². The molecule has 0 bridgehead atoms. The lowest BCUT2D eigenvalue weighted by atomic mass is 10.0. The second-order valence-corrected chi connectivity index (χ2v) is 9.60. The summed E-state index contributed by atoms with van der Waals surface area (Å²) in [6.07, 6.45) is 1.18. The normalized spacial score (nSPS) is 11.1. The fourth-order valence-corrected chi connectivity index (χ4v) is 3.43. The van der Waals surface area contributed by atoms with Crippen molar-refractivity contribution in [2.24, 2.45) is 5.92 Å². The van der Waals surface area contributed by atoms with Crippen LogP contribution in [0.1, 0.15) is 42.3 Å². The summed E-state index contributed by atoms with van der Waals surface area (Å²) in [6.45, 7) is 7.12. The number of carbonyl (C=O) groups is 1. The Morgan fingerprint density at radius 1 is 1.25 bits per heavy atom. The number of hydrogen-bond acceptors (Lipinski definition) is 6. The van der Waals surface area contributed by atoms with E-state index in [0.717, 1.165) is 12.1 Å². The third-order valence-electron chi connectivity index (χ3n) is 4.85. The highest BCUT2D eigenvalue weighted by molar-refractivity contribution is 6.30.